The van der Waals surface area contributed by atoms with E-state index in [1.54, 1.807) is 26.0 Å². The van der Waals surface area contributed by atoms with Gasteiger partial charge < -0.3 is 29.9 Å². The van der Waals surface area contributed by atoms with Crippen molar-refractivity contribution in [3.8, 4) is 0 Å². The molecule has 0 aromatic heterocycles. The highest BCUT2D eigenvalue weighted by atomic mass is 16.6. The number of hydrogen-bond acceptors (Lipinski definition) is 8. The molecule has 2 bridgehead atoms. The second kappa shape index (κ2) is 11.4. The number of carbonyl (C=O) groups is 2. The predicted molar refractivity (Wildman–Crippen MR) is 154 cm³/mol. The third-order valence-corrected chi connectivity index (χ3v) is 11.3. The van der Waals surface area contributed by atoms with Gasteiger partial charge in [0.15, 0.2) is 0 Å². The average Bonchev–Trinajstić information content (AvgIpc) is 3.36. The molecule has 4 N–H and O–H groups in total. The van der Waals surface area contributed by atoms with Gasteiger partial charge in [-0.2, -0.15) is 0 Å². The third-order valence-electron chi connectivity index (χ3n) is 11.3. The van der Waals surface area contributed by atoms with Gasteiger partial charge in [0.25, 0.3) is 0 Å². The largest absolute Gasteiger partial charge is 0.461 e. The molecule has 8 nitrogen and oxygen atoms in total. The van der Waals surface area contributed by atoms with E-state index in [-0.39, 0.29) is 42.3 Å². The minimum absolute atomic E-state index is 0.0604. The van der Waals surface area contributed by atoms with Gasteiger partial charge in [0, 0.05) is 29.1 Å². The van der Waals surface area contributed by atoms with Crippen LogP contribution < -0.4 is 0 Å². The Labute approximate surface area is 245 Å². The smallest absolute Gasteiger partial charge is 0.309 e. The van der Waals surface area contributed by atoms with Crippen LogP contribution in [0, 0.1) is 34.5 Å². The summed E-state index contributed by atoms with van der Waals surface area (Å²) in [5.41, 5.74) is -4.14. The normalized spacial score (nSPS) is 39.5. The number of rotatable bonds is 11. The zero-order valence-electron chi connectivity index (χ0n) is 26.0. The van der Waals surface area contributed by atoms with E-state index >= 15 is 0 Å². The Kier molecular flexibility index (Phi) is 8.95. The SMILES string of the molecule is CCCCCCCC(=O)O[C@@]12CC[C@]34C=C(C)[C@H](O)[C@@]3(O)[C@H](O)C(COC(=O)C(C)C(C)C)=C[C@H](C4O)[C@@H]1C2(C)C. The van der Waals surface area contributed by atoms with Crippen LogP contribution in [0.5, 0.6) is 0 Å². The number of ether oxygens (including phenoxy) is 2. The van der Waals surface area contributed by atoms with Gasteiger partial charge in [0.2, 0.25) is 0 Å². The van der Waals surface area contributed by atoms with Crippen LogP contribution in [0.2, 0.25) is 0 Å². The van der Waals surface area contributed by atoms with Crippen molar-refractivity contribution in [2.45, 2.75) is 129 Å². The van der Waals surface area contributed by atoms with Crippen molar-refractivity contribution in [3.05, 3.63) is 23.3 Å². The highest BCUT2D eigenvalue weighted by Crippen LogP contribution is 2.75. The van der Waals surface area contributed by atoms with E-state index in [0.29, 0.717) is 18.4 Å². The number of hydrogen-bond donors (Lipinski definition) is 4. The van der Waals surface area contributed by atoms with Gasteiger partial charge in [-0.15, -0.1) is 0 Å². The fraction of sp³-hybridized carbons (Fsp3) is 0.818. The Balaban J connectivity index is 1.69. The zero-order valence-corrected chi connectivity index (χ0v) is 26.0. The summed E-state index contributed by atoms with van der Waals surface area (Å²) in [6.07, 6.45) is 5.28. The highest BCUT2D eigenvalue weighted by molar-refractivity contribution is 5.72. The maximum Gasteiger partial charge on any atom is 0.309 e. The molecule has 4 rings (SSSR count). The number of esters is 2. The van der Waals surface area contributed by atoms with E-state index in [4.69, 9.17) is 9.47 Å². The molecule has 0 aromatic carbocycles. The number of aliphatic hydroxyl groups excluding tert-OH is 3. The van der Waals surface area contributed by atoms with Crippen LogP contribution in [-0.2, 0) is 19.1 Å². The molecule has 0 amide bonds. The third kappa shape index (κ3) is 4.91. The molecule has 8 heteroatoms. The molecule has 2 saturated carbocycles. The Morgan fingerprint density at radius 1 is 1.02 bits per heavy atom. The van der Waals surface area contributed by atoms with Crippen molar-refractivity contribution in [1.82, 2.24) is 0 Å². The summed E-state index contributed by atoms with van der Waals surface area (Å²) in [4.78, 5) is 25.8. The van der Waals surface area contributed by atoms with Gasteiger partial charge in [-0.1, -0.05) is 79.4 Å². The number of aliphatic hydroxyl groups is 4. The van der Waals surface area contributed by atoms with E-state index in [9.17, 15) is 30.0 Å². The Bertz CT molecular complexity index is 1080. The van der Waals surface area contributed by atoms with Gasteiger partial charge >= 0.3 is 11.9 Å². The molecule has 0 aliphatic heterocycles. The predicted octanol–water partition coefficient (Wildman–Crippen LogP) is 4.23. The van der Waals surface area contributed by atoms with Crippen molar-refractivity contribution in [1.29, 1.82) is 0 Å². The van der Waals surface area contributed by atoms with E-state index < -0.39 is 52.2 Å². The van der Waals surface area contributed by atoms with Crippen LogP contribution >= 0.6 is 0 Å². The molecule has 0 radical (unpaired) electrons. The monoisotopic (exact) mass is 576 g/mol. The molecule has 0 saturated heterocycles. The lowest BCUT2D eigenvalue weighted by Crippen LogP contribution is -2.64. The van der Waals surface area contributed by atoms with Crippen LogP contribution in [0.3, 0.4) is 0 Å². The molecular formula is C33H52O8. The average molecular weight is 577 g/mol. The molecule has 4 aliphatic rings. The molecular weight excluding hydrogens is 524 g/mol. The topological polar surface area (TPSA) is 134 Å². The van der Waals surface area contributed by atoms with Crippen molar-refractivity contribution in [2.75, 3.05) is 6.61 Å². The molecule has 232 valence electrons. The summed E-state index contributed by atoms with van der Waals surface area (Å²) in [6, 6.07) is 0. The maximum absolute atomic E-state index is 13.1. The number of carbonyl (C=O) groups excluding carboxylic acids is 2. The lowest BCUT2D eigenvalue weighted by atomic mass is 9.62. The lowest BCUT2D eigenvalue weighted by Gasteiger charge is -2.48. The summed E-state index contributed by atoms with van der Waals surface area (Å²) in [6.45, 7) is 13.2. The second-order valence-electron chi connectivity index (χ2n) is 14.2. The first kappa shape index (κ1) is 32.2. The van der Waals surface area contributed by atoms with Crippen molar-refractivity contribution >= 4 is 11.9 Å². The van der Waals surface area contributed by atoms with Crippen LogP contribution in [0.15, 0.2) is 23.3 Å². The molecule has 2 unspecified atom stereocenters. The second-order valence-corrected chi connectivity index (χ2v) is 14.2. The molecule has 0 heterocycles. The summed E-state index contributed by atoms with van der Waals surface area (Å²) in [5, 5.41) is 47.2. The molecule has 41 heavy (non-hydrogen) atoms. The van der Waals surface area contributed by atoms with Gasteiger partial charge in [-0.3, -0.25) is 9.59 Å². The quantitative estimate of drug-likeness (QED) is 0.163. The first-order valence-corrected chi connectivity index (χ1v) is 15.7. The number of fused-ring (bicyclic) bond motifs is 3. The molecule has 9 atom stereocenters. The van der Waals surface area contributed by atoms with E-state index in [2.05, 4.69) is 6.92 Å². The van der Waals surface area contributed by atoms with Crippen LogP contribution in [0.1, 0.15) is 99.8 Å². The van der Waals surface area contributed by atoms with Crippen LogP contribution in [0.25, 0.3) is 0 Å². The van der Waals surface area contributed by atoms with Crippen molar-refractivity contribution < 1.29 is 39.5 Å². The van der Waals surface area contributed by atoms with Crippen LogP contribution in [-0.4, -0.2) is 68.5 Å². The standard InChI is InChI=1S/C33H52O8/c1-8-9-10-11-12-13-24(34)41-32-15-14-31-17-20(4)26(35)33(31,39)27(36)22(18-40-29(38)21(5)19(2)3)16-23(28(31)37)25(32)30(32,6)7/h16-17,19,21,23,25-28,35-37,39H,8-15,18H2,1-7H3/t21?,23-,25+,26-,27+,28?,31+,32-,33+/m0/s1. The van der Waals surface area contributed by atoms with Gasteiger partial charge in [0.1, 0.15) is 30.0 Å². The minimum Gasteiger partial charge on any atom is -0.461 e. The summed E-state index contributed by atoms with van der Waals surface area (Å²) >= 11 is 0. The van der Waals surface area contributed by atoms with Gasteiger partial charge in [0.05, 0.1) is 12.0 Å². The fourth-order valence-electron chi connectivity index (χ4n) is 8.26. The van der Waals surface area contributed by atoms with Crippen molar-refractivity contribution in [2.24, 2.45) is 34.5 Å². The zero-order chi connectivity index (χ0) is 30.5. The van der Waals surface area contributed by atoms with Crippen LogP contribution in [0.4, 0.5) is 0 Å². The molecule has 1 spiro atoms. The van der Waals surface area contributed by atoms with Gasteiger partial charge in [-0.25, -0.2) is 0 Å². The molecule has 0 aromatic rings. The lowest BCUT2D eigenvalue weighted by molar-refractivity contribution is -0.203. The van der Waals surface area contributed by atoms with E-state index in [0.717, 1.165) is 32.1 Å². The Morgan fingerprint density at radius 3 is 2.32 bits per heavy atom. The fourth-order valence-corrected chi connectivity index (χ4v) is 8.26. The first-order chi connectivity index (χ1) is 19.1. The number of unbranched alkanes of at least 4 members (excludes halogenated alkanes) is 4. The Hall–Kier alpha value is -1.74. The van der Waals surface area contributed by atoms with E-state index in [1.807, 2.05) is 27.7 Å². The highest BCUT2D eigenvalue weighted by Gasteiger charge is 2.81. The maximum atomic E-state index is 13.1. The molecule has 2 fully saturated rings. The van der Waals surface area contributed by atoms with E-state index in [1.165, 1.54) is 0 Å². The summed E-state index contributed by atoms with van der Waals surface area (Å²) in [5.74, 6) is -1.87. The minimum atomic E-state index is -2.14. The van der Waals surface area contributed by atoms with Gasteiger partial charge in [-0.05, 0) is 43.3 Å². The Morgan fingerprint density at radius 2 is 1.68 bits per heavy atom. The first-order valence-electron chi connectivity index (χ1n) is 15.7. The van der Waals surface area contributed by atoms with Crippen molar-refractivity contribution in [3.63, 3.8) is 0 Å². The summed E-state index contributed by atoms with van der Waals surface area (Å²) in [7, 11) is 0. The molecule has 4 aliphatic carbocycles. The summed E-state index contributed by atoms with van der Waals surface area (Å²) < 4.78 is 11.9.